The van der Waals surface area contributed by atoms with Crippen LogP contribution in [0.2, 0.25) is 5.02 Å². The van der Waals surface area contributed by atoms with E-state index in [1.165, 1.54) is 38.0 Å². The molecule has 1 unspecified atom stereocenters. The number of nitrogens with zero attached hydrogens (tertiary/aromatic N) is 2. The average Bonchev–Trinajstić information content (AvgIpc) is 3.01. The number of aliphatic imine (C=N–C) groups is 1. The van der Waals surface area contributed by atoms with Crippen LogP contribution in [-0.2, 0) is 6.42 Å². The Morgan fingerprint density at radius 1 is 1.33 bits per heavy atom. The molecule has 1 aromatic carbocycles. The van der Waals surface area contributed by atoms with Crippen LogP contribution < -0.4 is 10.6 Å². The first-order valence-electron chi connectivity index (χ1n) is 9.20. The maximum Gasteiger partial charge on any atom is 0.191 e. The van der Waals surface area contributed by atoms with Crippen LogP contribution >= 0.6 is 11.6 Å². The maximum absolute atomic E-state index is 6.03. The lowest BCUT2D eigenvalue weighted by Gasteiger charge is -2.15. The van der Waals surface area contributed by atoms with Crippen LogP contribution in [-0.4, -0.2) is 50.1 Å². The largest absolute Gasteiger partial charge is 0.357 e. The Bertz CT molecular complexity index is 518. The Morgan fingerprint density at radius 3 is 2.96 bits per heavy atom. The van der Waals surface area contributed by atoms with Crippen LogP contribution in [0, 0.1) is 5.92 Å². The highest BCUT2D eigenvalue weighted by molar-refractivity contribution is 6.30. The fourth-order valence-corrected chi connectivity index (χ4v) is 3.37. The summed E-state index contributed by atoms with van der Waals surface area (Å²) in [4.78, 5) is 7.34. The van der Waals surface area contributed by atoms with Gasteiger partial charge in [0.05, 0.1) is 0 Å². The van der Waals surface area contributed by atoms with Gasteiger partial charge in [0.25, 0.3) is 0 Å². The van der Waals surface area contributed by atoms with E-state index in [0.29, 0.717) is 5.92 Å². The zero-order chi connectivity index (χ0) is 17.2. The molecule has 2 N–H and O–H groups in total. The summed E-state index contributed by atoms with van der Waals surface area (Å²) in [6.45, 7) is 10.6. The maximum atomic E-state index is 6.03. The highest BCUT2D eigenvalue weighted by Crippen LogP contribution is 2.16. The minimum Gasteiger partial charge on any atom is -0.357 e. The van der Waals surface area contributed by atoms with E-state index >= 15 is 0 Å². The minimum atomic E-state index is 0.694. The zero-order valence-corrected chi connectivity index (χ0v) is 15.8. The molecule has 1 aliphatic rings. The smallest absolute Gasteiger partial charge is 0.191 e. The highest BCUT2D eigenvalue weighted by atomic mass is 35.5. The van der Waals surface area contributed by atoms with E-state index in [0.717, 1.165) is 37.0 Å². The molecule has 2 rings (SSSR count). The number of hydrogen-bond acceptors (Lipinski definition) is 2. The SMILES string of the molecule is CCCN1CCC(CN=C(NCC)NCCc2cccc(Cl)c2)C1. The van der Waals surface area contributed by atoms with E-state index in [-0.39, 0.29) is 0 Å². The van der Waals surface area contributed by atoms with Gasteiger partial charge in [0.2, 0.25) is 0 Å². The van der Waals surface area contributed by atoms with E-state index in [9.17, 15) is 0 Å². The van der Waals surface area contributed by atoms with Crippen LogP contribution in [0.15, 0.2) is 29.3 Å². The number of halogens is 1. The molecule has 0 spiro atoms. The lowest BCUT2D eigenvalue weighted by Crippen LogP contribution is -2.38. The van der Waals surface area contributed by atoms with Gasteiger partial charge in [0.15, 0.2) is 5.96 Å². The van der Waals surface area contributed by atoms with Gasteiger partial charge in [-0.3, -0.25) is 4.99 Å². The Hall–Kier alpha value is -1.26. The molecule has 0 aromatic heterocycles. The normalized spacial score (nSPS) is 18.8. The topological polar surface area (TPSA) is 39.7 Å². The number of likely N-dealkylation sites (tertiary alicyclic amines) is 1. The van der Waals surface area contributed by atoms with Gasteiger partial charge in [-0.15, -0.1) is 0 Å². The Kier molecular flexibility index (Phi) is 8.40. The summed E-state index contributed by atoms with van der Waals surface area (Å²) in [5.41, 5.74) is 1.25. The first-order valence-corrected chi connectivity index (χ1v) is 9.58. The van der Waals surface area contributed by atoms with Crippen molar-refractivity contribution in [1.82, 2.24) is 15.5 Å². The van der Waals surface area contributed by atoms with Crippen molar-refractivity contribution in [2.24, 2.45) is 10.9 Å². The fourth-order valence-electron chi connectivity index (χ4n) is 3.16. The lowest BCUT2D eigenvalue weighted by atomic mass is 10.1. The highest BCUT2D eigenvalue weighted by Gasteiger charge is 2.21. The summed E-state index contributed by atoms with van der Waals surface area (Å²) in [6.07, 6.45) is 3.45. The number of rotatable bonds is 8. The third kappa shape index (κ3) is 6.70. The van der Waals surface area contributed by atoms with Gasteiger partial charge in [-0.25, -0.2) is 0 Å². The quantitative estimate of drug-likeness (QED) is 0.559. The van der Waals surface area contributed by atoms with Gasteiger partial charge in [-0.05, 0) is 62.9 Å². The molecule has 134 valence electrons. The van der Waals surface area contributed by atoms with Gasteiger partial charge in [-0.1, -0.05) is 30.7 Å². The first kappa shape index (κ1) is 19.1. The molecule has 5 heteroatoms. The molecule has 1 aliphatic heterocycles. The molecular formula is C19H31ClN4. The van der Waals surface area contributed by atoms with Crippen LogP contribution in [0.5, 0.6) is 0 Å². The van der Waals surface area contributed by atoms with Crippen molar-refractivity contribution < 1.29 is 0 Å². The van der Waals surface area contributed by atoms with Gasteiger partial charge in [0.1, 0.15) is 0 Å². The molecule has 0 bridgehead atoms. The van der Waals surface area contributed by atoms with Gasteiger partial charge >= 0.3 is 0 Å². The van der Waals surface area contributed by atoms with Gasteiger partial charge in [-0.2, -0.15) is 0 Å². The van der Waals surface area contributed by atoms with Crippen molar-refractivity contribution in [1.29, 1.82) is 0 Å². The van der Waals surface area contributed by atoms with Crippen molar-refractivity contribution in [3.63, 3.8) is 0 Å². The zero-order valence-electron chi connectivity index (χ0n) is 15.0. The summed E-state index contributed by atoms with van der Waals surface area (Å²) in [5.74, 6) is 1.62. The number of guanidine groups is 1. The molecule has 1 atom stereocenters. The number of benzene rings is 1. The molecule has 4 nitrogen and oxygen atoms in total. The first-order chi connectivity index (χ1) is 11.7. The second kappa shape index (κ2) is 10.6. The van der Waals surface area contributed by atoms with Crippen LogP contribution in [0.4, 0.5) is 0 Å². The van der Waals surface area contributed by atoms with Crippen molar-refractivity contribution in [3.8, 4) is 0 Å². The molecule has 0 amide bonds. The van der Waals surface area contributed by atoms with Crippen LogP contribution in [0.25, 0.3) is 0 Å². The Morgan fingerprint density at radius 2 is 2.21 bits per heavy atom. The summed E-state index contributed by atoms with van der Waals surface area (Å²) in [7, 11) is 0. The van der Waals surface area contributed by atoms with Crippen LogP contribution in [0.3, 0.4) is 0 Å². The van der Waals surface area contributed by atoms with Gasteiger partial charge in [0, 0.05) is 31.2 Å². The van der Waals surface area contributed by atoms with Crippen molar-refractivity contribution in [2.45, 2.75) is 33.1 Å². The minimum absolute atomic E-state index is 0.694. The Labute approximate surface area is 151 Å². The fraction of sp³-hybridized carbons (Fsp3) is 0.632. The molecule has 1 fully saturated rings. The van der Waals surface area contributed by atoms with Crippen LogP contribution in [0.1, 0.15) is 32.3 Å². The molecule has 1 heterocycles. The van der Waals surface area contributed by atoms with Crippen molar-refractivity contribution in [3.05, 3.63) is 34.9 Å². The van der Waals surface area contributed by atoms with E-state index in [2.05, 4.69) is 35.4 Å². The van der Waals surface area contributed by atoms with E-state index < -0.39 is 0 Å². The summed E-state index contributed by atoms with van der Waals surface area (Å²) >= 11 is 6.03. The summed E-state index contributed by atoms with van der Waals surface area (Å²) < 4.78 is 0. The monoisotopic (exact) mass is 350 g/mol. The second-order valence-electron chi connectivity index (χ2n) is 6.48. The van der Waals surface area contributed by atoms with E-state index in [4.69, 9.17) is 16.6 Å². The predicted molar refractivity (Wildman–Crippen MR) is 104 cm³/mol. The summed E-state index contributed by atoms with van der Waals surface area (Å²) in [5, 5.41) is 7.57. The van der Waals surface area contributed by atoms with E-state index in [1.807, 2.05) is 18.2 Å². The number of nitrogens with one attached hydrogen (secondary N) is 2. The van der Waals surface area contributed by atoms with Crippen molar-refractivity contribution >= 4 is 17.6 Å². The van der Waals surface area contributed by atoms with Crippen molar-refractivity contribution in [2.75, 3.05) is 39.3 Å². The number of hydrogen-bond donors (Lipinski definition) is 2. The Balaban J connectivity index is 1.76. The molecule has 0 saturated carbocycles. The van der Waals surface area contributed by atoms with Gasteiger partial charge < -0.3 is 15.5 Å². The third-order valence-electron chi connectivity index (χ3n) is 4.36. The molecule has 1 aromatic rings. The predicted octanol–water partition coefficient (Wildman–Crippen LogP) is 3.17. The summed E-state index contributed by atoms with van der Waals surface area (Å²) in [6, 6.07) is 8.04. The standard InChI is InChI=1S/C19H31ClN4/c1-3-11-24-12-9-17(15-24)14-23-19(21-4-2)22-10-8-16-6-5-7-18(20)13-16/h5-7,13,17H,3-4,8-12,14-15H2,1-2H3,(H2,21,22,23). The average molecular weight is 351 g/mol. The lowest BCUT2D eigenvalue weighted by molar-refractivity contribution is 0.326. The molecule has 24 heavy (non-hydrogen) atoms. The third-order valence-corrected chi connectivity index (χ3v) is 4.59. The molecular weight excluding hydrogens is 320 g/mol. The van der Waals surface area contributed by atoms with E-state index in [1.54, 1.807) is 0 Å². The molecule has 1 saturated heterocycles. The molecule has 0 aliphatic carbocycles. The second-order valence-corrected chi connectivity index (χ2v) is 6.92. The molecule has 0 radical (unpaired) electrons.